The van der Waals surface area contributed by atoms with Crippen LogP contribution in [-0.2, 0) is 14.8 Å². The molecule has 0 heterocycles. The number of sulfonamides is 1. The van der Waals surface area contributed by atoms with Gasteiger partial charge in [-0.25, -0.2) is 8.42 Å². The first-order valence-electron chi connectivity index (χ1n) is 6.45. The minimum Gasteiger partial charge on any atom is -0.352 e. The molecule has 1 aromatic carbocycles. The van der Waals surface area contributed by atoms with Crippen LogP contribution in [0, 0.1) is 0 Å². The summed E-state index contributed by atoms with van der Waals surface area (Å²) in [5, 5.41) is 2.99. The molecule has 8 heteroatoms. The third-order valence-corrected chi connectivity index (χ3v) is 5.17. The van der Waals surface area contributed by atoms with Crippen molar-refractivity contribution in [2.24, 2.45) is 0 Å². The van der Waals surface area contributed by atoms with E-state index in [0.717, 1.165) is 6.42 Å². The van der Waals surface area contributed by atoms with Gasteiger partial charge in [0.05, 0.1) is 11.1 Å². The van der Waals surface area contributed by atoms with Gasteiger partial charge in [0.1, 0.15) is 4.90 Å². The lowest BCUT2D eigenvalue weighted by Crippen LogP contribution is -2.47. The van der Waals surface area contributed by atoms with Crippen LogP contribution in [0.3, 0.4) is 0 Å². The molecule has 0 radical (unpaired) electrons. The van der Waals surface area contributed by atoms with Crippen LogP contribution < -0.4 is 10.0 Å². The Balaban J connectivity index is 2.90. The summed E-state index contributed by atoms with van der Waals surface area (Å²) >= 11 is 11.7. The molecule has 0 fully saturated rings. The minimum absolute atomic E-state index is 0.0285. The van der Waals surface area contributed by atoms with E-state index < -0.39 is 22.0 Å². The SMILES string of the molecule is CC[C@@H](C)NC(=O)[C@H](C)NS(=O)(=O)c1cc(Cl)ccc1Cl. The number of carbonyl (C=O) groups excluding carboxylic acids is 1. The Morgan fingerprint density at radius 1 is 1.29 bits per heavy atom. The number of halogens is 2. The highest BCUT2D eigenvalue weighted by molar-refractivity contribution is 7.89. The highest BCUT2D eigenvalue weighted by atomic mass is 35.5. The van der Waals surface area contributed by atoms with Crippen LogP contribution in [0.2, 0.25) is 10.0 Å². The molecule has 0 saturated carbocycles. The van der Waals surface area contributed by atoms with Crippen LogP contribution in [0.5, 0.6) is 0 Å². The number of hydrogen-bond acceptors (Lipinski definition) is 3. The average molecular weight is 353 g/mol. The topological polar surface area (TPSA) is 75.3 Å². The van der Waals surface area contributed by atoms with Gasteiger partial charge in [-0.1, -0.05) is 30.1 Å². The smallest absolute Gasteiger partial charge is 0.242 e. The molecule has 0 saturated heterocycles. The maximum Gasteiger partial charge on any atom is 0.242 e. The summed E-state index contributed by atoms with van der Waals surface area (Å²) in [6, 6.07) is 3.17. The van der Waals surface area contributed by atoms with Crippen LogP contribution in [-0.4, -0.2) is 26.4 Å². The Morgan fingerprint density at radius 3 is 2.48 bits per heavy atom. The highest BCUT2D eigenvalue weighted by Gasteiger charge is 2.24. The van der Waals surface area contributed by atoms with E-state index in [0.29, 0.717) is 0 Å². The number of rotatable bonds is 6. The van der Waals surface area contributed by atoms with Gasteiger partial charge >= 0.3 is 0 Å². The molecule has 1 aromatic rings. The van der Waals surface area contributed by atoms with Gasteiger partial charge < -0.3 is 5.32 Å². The van der Waals surface area contributed by atoms with Gasteiger partial charge in [-0.15, -0.1) is 0 Å². The fourth-order valence-electron chi connectivity index (χ4n) is 1.50. The molecule has 0 unspecified atom stereocenters. The Hall–Kier alpha value is -0.820. The first-order valence-corrected chi connectivity index (χ1v) is 8.69. The Kier molecular flexibility index (Phi) is 6.46. The van der Waals surface area contributed by atoms with Crippen LogP contribution >= 0.6 is 23.2 Å². The molecule has 0 aliphatic carbocycles. The van der Waals surface area contributed by atoms with Crippen LogP contribution in [0.4, 0.5) is 0 Å². The molecular weight excluding hydrogens is 335 g/mol. The fraction of sp³-hybridized carbons (Fsp3) is 0.462. The van der Waals surface area contributed by atoms with Crippen molar-refractivity contribution in [2.45, 2.75) is 44.2 Å². The summed E-state index contributed by atoms with van der Waals surface area (Å²) in [5.74, 6) is -0.397. The van der Waals surface area contributed by atoms with Gasteiger partial charge in [-0.05, 0) is 38.5 Å². The van der Waals surface area contributed by atoms with Crippen LogP contribution in [0.1, 0.15) is 27.2 Å². The van der Waals surface area contributed by atoms with Crippen molar-refractivity contribution in [1.82, 2.24) is 10.0 Å². The quantitative estimate of drug-likeness (QED) is 0.825. The summed E-state index contributed by atoms with van der Waals surface area (Å²) in [6.07, 6.45) is 0.755. The Labute approximate surface area is 135 Å². The second-order valence-electron chi connectivity index (χ2n) is 4.74. The summed E-state index contributed by atoms with van der Waals surface area (Å²) in [6.45, 7) is 5.23. The second kappa shape index (κ2) is 7.45. The lowest BCUT2D eigenvalue weighted by Gasteiger charge is -2.18. The van der Waals surface area contributed by atoms with E-state index in [1.54, 1.807) is 0 Å². The fourth-order valence-corrected chi connectivity index (χ4v) is 3.47. The van der Waals surface area contributed by atoms with Crippen molar-refractivity contribution in [2.75, 3.05) is 0 Å². The largest absolute Gasteiger partial charge is 0.352 e. The standard InChI is InChI=1S/C13H18Cl2N2O3S/c1-4-8(2)16-13(18)9(3)17-21(19,20)12-7-10(14)5-6-11(12)15/h5-9,17H,4H2,1-3H3,(H,16,18)/t8-,9+/m1/s1. The molecule has 0 bridgehead atoms. The van der Waals surface area contributed by atoms with Crippen LogP contribution in [0.25, 0.3) is 0 Å². The van der Waals surface area contributed by atoms with E-state index in [9.17, 15) is 13.2 Å². The zero-order valence-corrected chi connectivity index (χ0v) is 14.3. The lowest BCUT2D eigenvalue weighted by molar-refractivity contribution is -0.122. The normalized spacial score (nSPS) is 14.5. The van der Waals surface area contributed by atoms with Crippen molar-refractivity contribution in [3.8, 4) is 0 Å². The second-order valence-corrected chi connectivity index (χ2v) is 7.26. The summed E-state index contributed by atoms with van der Waals surface area (Å²) < 4.78 is 26.8. The molecule has 2 atom stereocenters. The van der Waals surface area contributed by atoms with E-state index >= 15 is 0 Å². The number of hydrogen-bond donors (Lipinski definition) is 2. The van der Waals surface area contributed by atoms with Gasteiger partial charge in [0.2, 0.25) is 15.9 Å². The van der Waals surface area contributed by atoms with Crippen molar-refractivity contribution >= 4 is 39.1 Å². The van der Waals surface area contributed by atoms with Gasteiger partial charge in [-0.3, -0.25) is 4.79 Å². The van der Waals surface area contributed by atoms with E-state index in [4.69, 9.17) is 23.2 Å². The Morgan fingerprint density at radius 2 is 1.90 bits per heavy atom. The monoisotopic (exact) mass is 352 g/mol. The number of amides is 1. The molecule has 2 N–H and O–H groups in total. The van der Waals surface area contributed by atoms with Crippen LogP contribution in [0.15, 0.2) is 23.1 Å². The summed E-state index contributed by atoms with van der Waals surface area (Å²) in [5.41, 5.74) is 0. The van der Waals surface area contributed by atoms with Gasteiger partial charge in [0, 0.05) is 11.1 Å². The summed E-state index contributed by atoms with van der Waals surface area (Å²) in [4.78, 5) is 11.7. The first kappa shape index (κ1) is 18.2. The molecule has 5 nitrogen and oxygen atoms in total. The van der Waals surface area contributed by atoms with E-state index in [2.05, 4.69) is 10.0 Å². The van der Waals surface area contributed by atoms with E-state index in [1.807, 2.05) is 13.8 Å². The molecule has 1 rings (SSSR count). The predicted octanol–water partition coefficient (Wildman–Crippen LogP) is 2.57. The van der Waals surface area contributed by atoms with Gasteiger partial charge in [-0.2, -0.15) is 4.72 Å². The molecule has 0 aliphatic heterocycles. The van der Waals surface area contributed by atoms with Crippen molar-refractivity contribution < 1.29 is 13.2 Å². The molecular formula is C13H18Cl2N2O3S. The first-order chi connectivity index (χ1) is 9.67. The van der Waals surface area contributed by atoms with Gasteiger partial charge in [0.15, 0.2) is 0 Å². The molecule has 0 spiro atoms. The average Bonchev–Trinajstić information content (AvgIpc) is 2.40. The minimum atomic E-state index is -3.93. The molecule has 21 heavy (non-hydrogen) atoms. The third-order valence-electron chi connectivity index (χ3n) is 2.91. The zero-order valence-electron chi connectivity index (χ0n) is 12.0. The number of nitrogens with one attached hydrogen (secondary N) is 2. The van der Waals surface area contributed by atoms with E-state index in [1.165, 1.54) is 25.1 Å². The predicted molar refractivity (Wildman–Crippen MR) is 84.1 cm³/mol. The lowest BCUT2D eigenvalue weighted by atomic mass is 10.2. The van der Waals surface area contributed by atoms with Gasteiger partial charge in [0.25, 0.3) is 0 Å². The van der Waals surface area contributed by atoms with Crippen molar-refractivity contribution in [3.05, 3.63) is 28.2 Å². The molecule has 0 aromatic heterocycles. The third kappa shape index (κ3) is 5.14. The maximum absolute atomic E-state index is 12.2. The Bertz CT molecular complexity index is 620. The highest BCUT2D eigenvalue weighted by Crippen LogP contribution is 2.24. The maximum atomic E-state index is 12.2. The van der Waals surface area contributed by atoms with Crippen molar-refractivity contribution in [3.63, 3.8) is 0 Å². The zero-order chi connectivity index (χ0) is 16.2. The summed E-state index contributed by atoms with van der Waals surface area (Å²) in [7, 11) is -3.93. The molecule has 0 aliphatic rings. The number of carbonyl (C=O) groups is 1. The molecule has 118 valence electrons. The van der Waals surface area contributed by atoms with Crippen molar-refractivity contribution in [1.29, 1.82) is 0 Å². The number of benzene rings is 1. The van der Waals surface area contributed by atoms with E-state index in [-0.39, 0.29) is 21.0 Å². The molecule has 1 amide bonds.